The number of halogens is 2. The van der Waals surface area contributed by atoms with Gasteiger partial charge in [0.25, 0.3) is 0 Å². The SMILES string of the molecule is CCS(=O)(=O)Nc1ccc(F)c(C(=O)c2c[nH]c3ncc(C)cc23)c1F. The number of hydrogen-bond acceptors (Lipinski definition) is 4. The number of nitrogens with one attached hydrogen (secondary N) is 2. The van der Waals surface area contributed by atoms with Crippen LogP contribution in [0.5, 0.6) is 0 Å². The molecule has 2 N–H and O–H groups in total. The summed E-state index contributed by atoms with van der Waals surface area (Å²) in [5.74, 6) is -3.54. The van der Waals surface area contributed by atoms with Crippen LogP contribution in [-0.4, -0.2) is 29.9 Å². The van der Waals surface area contributed by atoms with E-state index in [2.05, 4.69) is 9.97 Å². The number of hydrogen-bond donors (Lipinski definition) is 2. The maximum absolute atomic E-state index is 14.7. The van der Waals surface area contributed by atoms with Crippen LogP contribution < -0.4 is 4.72 Å². The van der Waals surface area contributed by atoms with Crippen LogP contribution in [0, 0.1) is 18.6 Å². The molecule has 0 radical (unpaired) electrons. The van der Waals surface area contributed by atoms with E-state index < -0.39 is 38.7 Å². The molecule has 0 unspecified atom stereocenters. The lowest BCUT2D eigenvalue weighted by Crippen LogP contribution is -2.17. The summed E-state index contributed by atoms with van der Waals surface area (Å²) < 4.78 is 54.2. The van der Waals surface area contributed by atoms with Crippen LogP contribution in [0.3, 0.4) is 0 Å². The minimum Gasteiger partial charge on any atom is -0.345 e. The number of fused-ring (bicyclic) bond motifs is 1. The van der Waals surface area contributed by atoms with Crippen molar-refractivity contribution in [2.75, 3.05) is 10.5 Å². The number of rotatable bonds is 5. The third kappa shape index (κ3) is 3.17. The number of sulfonamides is 1. The number of carbonyl (C=O) groups is 1. The van der Waals surface area contributed by atoms with Gasteiger partial charge in [-0.2, -0.15) is 0 Å². The maximum atomic E-state index is 14.7. The highest BCUT2D eigenvalue weighted by Crippen LogP contribution is 2.27. The summed E-state index contributed by atoms with van der Waals surface area (Å²) in [5, 5.41) is 0.424. The van der Waals surface area contributed by atoms with Gasteiger partial charge in [0.15, 0.2) is 5.82 Å². The van der Waals surface area contributed by atoms with Crippen molar-refractivity contribution in [2.24, 2.45) is 0 Å². The van der Waals surface area contributed by atoms with Crippen molar-refractivity contribution in [2.45, 2.75) is 13.8 Å². The van der Waals surface area contributed by atoms with Gasteiger partial charge in [-0.25, -0.2) is 22.2 Å². The summed E-state index contributed by atoms with van der Waals surface area (Å²) in [6.07, 6.45) is 2.91. The number of aromatic amines is 1. The first kappa shape index (κ1) is 18.0. The second kappa shape index (κ2) is 6.49. The first-order valence-electron chi connectivity index (χ1n) is 7.70. The second-order valence-corrected chi connectivity index (χ2v) is 7.74. The first-order valence-corrected chi connectivity index (χ1v) is 9.35. The maximum Gasteiger partial charge on any atom is 0.232 e. The van der Waals surface area contributed by atoms with Gasteiger partial charge in [0.1, 0.15) is 11.5 Å². The number of aromatic nitrogens is 2. The summed E-state index contributed by atoms with van der Waals surface area (Å²) in [5.41, 5.74) is -0.0851. The highest BCUT2D eigenvalue weighted by atomic mass is 32.2. The molecule has 0 amide bonds. The van der Waals surface area contributed by atoms with Crippen molar-refractivity contribution in [1.82, 2.24) is 9.97 Å². The van der Waals surface area contributed by atoms with Gasteiger partial charge in [-0.15, -0.1) is 0 Å². The molecular formula is C17H15F2N3O3S. The Morgan fingerprint density at radius 1 is 1.31 bits per heavy atom. The minimum absolute atomic E-state index is 0.0458. The summed E-state index contributed by atoms with van der Waals surface area (Å²) in [6.45, 7) is 3.14. The second-order valence-electron chi connectivity index (χ2n) is 5.73. The Bertz CT molecular complexity index is 1120. The molecule has 3 aromatic rings. The Morgan fingerprint density at radius 2 is 2.04 bits per heavy atom. The van der Waals surface area contributed by atoms with E-state index in [9.17, 15) is 22.0 Å². The van der Waals surface area contributed by atoms with Crippen LogP contribution >= 0.6 is 0 Å². The normalized spacial score (nSPS) is 11.7. The van der Waals surface area contributed by atoms with E-state index >= 15 is 0 Å². The monoisotopic (exact) mass is 379 g/mol. The van der Waals surface area contributed by atoms with E-state index in [1.165, 1.54) is 13.1 Å². The molecule has 2 heterocycles. The number of anilines is 1. The number of nitrogens with zero attached hydrogens (tertiary/aromatic N) is 1. The molecule has 3 rings (SSSR count). The number of benzene rings is 1. The third-order valence-corrected chi connectivity index (χ3v) is 5.17. The molecule has 26 heavy (non-hydrogen) atoms. The number of aryl methyl sites for hydroxylation is 1. The van der Waals surface area contributed by atoms with Crippen LogP contribution in [0.4, 0.5) is 14.5 Å². The van der Waals surface area contributed by atoms with E-state index in [0.717, 1.165) is 17.7 Å². The molecule has 2 aromatic heterocycles. The number of H-pyrrole nitrogens is 1. The highest BCUT2D eigenvalue weighted by molar-refractivity contribution is 7.92. The topological polar surface area (TPSA) is 91.9 Å². The molecule has 1 aromatic carbocycles. The van der Waals surface area contributed by atoms with Gasteiger partial charge in [0, 0.05) is 23.3 Å². The van der Waals surface area contributed by atoms with Crippen LogP contribution in [0.2, 0.25) is 0 Å². The molecule has 0 aliphatic rings. The van der Waals surface area contributed by atoms with Gasteiger partial charge < -0.3 is 4.98 Å². The van der Waals surface area contributed by atoms with E-state index in [-0.39, 0.29) is 11.3 Å². The van der Waals surface area contributed by atoms with Crippen LogP contribution in [0.15, 0.2) is 30.6 Å². The summed E-state index contributed by atoms with van der Waals surface area (Å²) in [6, 6.07) is 3.46. The molecule has 0 atom stereocenters. The Labute approximate surface area is 148 Å². The van der Waals surface area contributed by atoms with Crippen LogP contribution in [-0.2, 0) is 10.0 Å². The minimum atomic E-state index is -3.78. The van der Waals surface area contributed by atoms with E-state index in [0.29, 0.717) is 11.0 Å². The highest BCUT2D eigenvalue weighted by Gasteiger charge is 2.25. The smallest absolute Gasteiger partial charge is 0.232 e. The van der Waals surface area contributed by atoms with Crippen molar-refractivity contribution >= 4 is 32.5 Å². The largest absolute Gasteiger partial charge is 0.345 e. The molecule has 136 valence electrons. The van der Waals surface area contributed by atoms with Gasteiger partial charge in [0.2, 0.25) is 15.8 Å². The quantitative estimate of drug-likeness (QED) is 0.666. The zero-order valence-corrected chi connectivity index (χ0v) is 14.7. The van der Waals surface area contributed by atoms with Gasteiger partial charge in [-0.1, -0.05) is 0 Å². The number of carbonyl (C=O) groups excluding carboxylic acids is 1. The Balaban J connectivity index is 2.13. The molecular weight excluding hydrogens is 364 g/mol. The van der Waals surface area contributed by atoms with Gasteiger partial charge >= 0.3 is 0 Å². The molecule has 0 aliphatic carbocycles. The Hall–Kier alpha value is -2.81. The average Bonchev–Trinajstić information content (AvgIpc) is 3.00. The Kier molecular flexibility index (Phi) is 4.49. The average molecular weight is 379 g/mol. The van der Waals surface area contributed by atoms with Gasteiger partial charge in [-0.05, 0) is 37.6 Å². The molecule has 9 heteroatoms. The zero-order valence-electron chi connectivity index (χ0n) is 13.9. The Morgan fingerprint density at radius 3 is 2.73 bits per heavy atom. The summed E-state index contributed by atoms with van der Waals surface area (Å²) in [4.78, 5) is 19.6. The fourth-order valence-electron chi connectivity index (χ4n) is 2.51. The van der Waals surface area contributed by atoms with Crippen LogP contribution in [0.25, 0.3) is 11.0 Å². The number of pyridine rings is 1. The van der Waals surface area contributed by atoms with Gasteiger partial charge in [0.05, 0.1) is 17.0 Å². The molecule has 0 aliphatic heterocycles. The molecule has 0 fully saturated rings. The van der Waals surface area contributed by atoms with Gasteiger partial charge in [-0.3, -0.25) is 9.52 Å². The lowest BCUT2D eigenvalue weighted by atomic mass is 10.0. The zero-order chi connectivity index (χ0) is 19.1. The predicted molar refractivity (Wildman–Crippen MR) is 93.7 cm³/mol. The van der Waals surface area contributed by atoms with Crippen molar-refractivity contribution in [3.05, 3.63) is 58.9 Å². The molecule has 0 saturated heterocycles. The fraction of sp³-hybridized carbons (Fsp3) is 0.176. The predicted octanol–water partition coefficient (Wildman–Crippen LogP) is 3.14. The fourth-order valence-corrected chi connectivity index (χ4v) is 3.15. The molecule has 0 spiro atoms. The van der Waals surface area contributed by atoms with E-state index in [1.807, 2.05) is 4.72 Å². The molecule has 0 bridgehead atoms. The lowest BCUT2D eigenvalue weighted by Gasteiger charge is -2.11. The summed E-state index contributed by atoms with van der Waals surface area (Å²) in [7, 11) is -3.78. The van der Waals surface area contributed by atoms with E-state index in [1.54, 1.807) is 19.2 Å². The standard InChI is InChI=1S/C17H15F2N3O3S/c1-3-26(24,25)22-13-5-4-12(18)14(15(13)19)16(23)11-8-21-17-10(11)6-9(2)7-20-17/h4-8,22H,3H2,1-2H3,(H,20,21). The van der Waals surface area contributed by atoms with Crippen molar-refractivity contribution in [3.8, 4) is 0 Å². The number of ketones is 1. The van der Waals surface area contributed by atoms with Crippen LogP contribution in [0.1, 0.15) is 28.4 Å². The van der Waals surface area contributed by atoms with Crippen molar-refractivity contribution < 1.29 is 22.0 Å². The lowest BCUT2D eigenvalue weighted by molar-refractivity contribution is 0.103. The third-order valence-electron chi connectivity index (χ3n) is 3.88. The van der Waals surface area contributed by atoms with E-state index in [4.69, 9.17) is 0 Å². The van der Waals surface area contributed by atoms with Crippen molar-refractivity contribution in [1.29, 1.82) is 0 Å². The molecule has 0 saturated carbocycles. The summed E-state index contributed by atoms with van der Waals surface area (Å²) >= 11 is 0. The first-order chi connectivity index (χ1) is 12.2. The van der Waals surface area contributed by atoms with Crippen molar-refractivity contribution in [3.63, 3.8) is 0 Å². The molecule has 6 nitrogen and oxygen atoms in total.